The van der Waals surface area contributed by atoms with Gasteiger partial charge in [-0.25, -0.2) is 0 Å². The third-order valence-electron chi connectivity index (χ3n) is 3.96. The highest BCUT2D eigenvalue weighted by Gasteiger charge is 2.14. The van der Waals surface area contributed by atoms with E-state index in [1.54, 1.807) is 0 Å². The number of guanidine groups is 1. The number of hydrogen-bond acceptors (Lipinski definition) is 3. The highest BCUT2D eigenvalue weighted by molar-refractivity contribution is 5.79. The molecule has 0 amide bonds. The van der Waals surface area contributed by atoms with E-state index in [-0.39, 0.29) is 0 Å². The van der Waals surface area contributed by atoms with Gasteiger partial charge in [0, 0.05) is 26.3 Å². The summed E-state index contributed by atoms with van der Waals surface area (Å²) in [5, 5.41) is 6.63. The second-order valence-electron chi connectivity index (χ2n) is 5.98. The second kappa shape index (κ2) is 11.9. The average molecular weight is 333 g/mol. The normalized spacial score (nSPS) is 17.9. The van der Waals surface area contributed by atoms with Crippen LogP contribution >= 0.6 is 0 Å². The van der Waals surface area contributed by atoms with E-state index >= 15 is 0 Å². The molecule has 1 aliphatic heterocycles. The molecule has 1 aliphatic rings. The van der Waals surface area contributed by atoms with E-state index in [2.05, 4.69) is 46.8 Å². The Morgan fingerprint density at radius 3 is 2.88 bits per heavy atom. The molecule has 1 aromatic carbocycles. The minimum atomic E-state index is 0.293. The SMILES string of the molecule is CCNC(=NCC1CCCO1)NCCCOCCc1ccccc1. The Morgan fingerprint density at radius 2 is 2.12 bits per heavy atom. The second-order valence-corrected chi connectivity index (χ2v) is 5.98. The molecule has 1 saturated heterocycles. The van der Waals surface area contributed by atoms with Crippen LogP contribution < -0.4 is 10.6 Å². The first kappa shape index (κ1) is 18.7. The van der Waals surface area contributed by atoms with Crippen molar-refractivity contribution < 1.29 is 9.47 Å². The van der Waals surface area contributed by atoms with E-state index in [0.29, 0.717) is 6.10 Å². The van der Waals surface area contributed by atoms with Crippen LogP contribution in [-0.4, -0.2) is 51.5 Å². The first-order chi connectivity index (χ1) is 11.9. The highest BCUT2D eigenvalue weighted by atomic mass is 16.5. The molecular weight excluding hydrogens is 302 g/mol. The lowest BCUT2D eigenvalue weighted by atomic mass is 10.2. The van der Waals surface area contributed by atoms with Gasteiger partial charge in [-0.05, 0) is 38.2 Å². The molecular formula is C19H31N3O2. The summed E-state index contributed by atoms with van der Waals surface area (Å²) in [5.74, 6) is 0.872. The van der Waals surface area contributed by atoms with Crippen molar-refractivity contribution in [2.75, 3.05) is 39.5 Å². The standard InChI is InChI=1S/C19H31N3O2/c1-2-20-19(22-16-18-10-6-14-24-18)21-12-7-13-23-15-11-17-8-4-3-5-9-17/h3-5,8-9,18H,2,6-7,10-16H2,1H3,(H2,20,21,22). The maximum absolute atomic E-state index is 5.70. The van der Waals surface area contributed by atoms with Gasteiger partial charge in [0.05, 0.1) is 19.3 Å². The van der Waals surface area contributed by atoms with Crippen molar-refractivity contribution >= 4 is 5.96 Å². The topological polar surface area (TPSA) is 54.9 Å². The molecule has 5 heteroatoms. The first-order valence-electron chi connectivity index (χ1n) is 9.14. The Balaban J connectivity index is 1.52. The van der Waals surface area contributed by atoms with Crippen LogP contribution in [0.3, 0.4) is 0 Å². The number of rotatable bonds is 10. The number of ether oxygens (including phenoxy) is 2. The van der Waals surface area contributed by atoms with Gasteiger partial charge in [0.15, 0.2) is 5.96 Å². The van der Waals surface area contributed by atoms with E-state index < -0.39 is 0 Å². The highest BCUT2D eigenvalue weighted by Crippen LogP contribution is 2.11. The molecule has 1 aromatic rings. The Kier molecular flexibility index (Phi) is 9.27. The average Bonchev–Trinajstić information content (AvgIpc) is 3.13. The van der Waals surface area contributed by atoms with Crippen LogP contribution in [0.15, 0.2) is 35.3 Å². The van der Waals surface area contributed by atoms with Crippen LogP contribution in [0.5, 0.6) is 0 Å². The monoisotopic (exact) mass is 333 g/mol. The van der Waals surface area contributed by atoms with Gasteiger partial charge in [-0.3, -0.25) is 4.99 Å². The number of hydrogen-bond donors (Lipinski definition) is 2. The summed E-state index contributed by atoms with van der Waals surface area (Å²) < 4.78 is 11.3. The number of aliphatic imine (C=N–C) groups is 1. The lowest BCUT2D eigenvalue weighted by molar-refractivity contribution is 0.117. The Labute approximate surface area is 145 Å². The summed E-state index contributed by atoms with van der Waals surface area (Å²) in [4.78, 5) is 4.60. The fourth-order valence-corrected chi connectivity index (χ4v) is 2.64. The largest absolute Gasteiger partial charge is 0.381 e. The first-order valence-corrected chi connectivity index (χ1v) is 9.14. The molecule has 1 unspecified atom stereocenters. The number of nitrogens with one attached hydrogen (secondary N) is 2. The summed E-state index contributed by atoms with van der Waals surface area (Å²) in [5.41, 5.74) is 1.33. The van der Waals surface area contributed by atoms with Gasteiger partial charge in [0.1, 0.15) is 0 Å². The molecule has 24 heavy (non-hydrogen) atoms. The fraction of sp³-hybridized carbons (Fsp3) is 0.632. The molecule has 2 N–H and O–H groups in total. The van der Waals surface area contributed by atoms with Crippen LogP contribution in [0.1, 0.15) is 31.7 Å². The Morgan fingerprint density at radius 1 is 1.25 bits per heavy atom. The van der Waals surface area contributed by atoms with E-state index in [1.165, 1.54) is 5.56 Å². The molecule has 0 saturated carbocycles. The lowest BCUT2D eigenvalue weighted by Gasteiger charge is -2.13. The zero-order chi connectivity index (χ0) is 16.9. The van der Waals surface area contributed by atoms with Crippen LogP contribution in [0.2, 0.25) is 0 Å². The smallest absolute Gasteiger partial charge is 0.191 e. The minimum Gasteiger partial charge on any atom is -0.381 e. The van der Waals surface area contributed by atoms with Crippen molar-refractivity contribution in [3.05, 3.63) is 35.9 Å². The van der Waals surface area contributed by atoms with Crippen molar-refractivity contribution in [3.8, 4) is 0 Å². The van der Waals surface area contributed by atoms with E-state index in [0.717, 1.165) is 71.1 Å². The maximum Gasteiger partial charge on any atom is 0.191 e. The molecule has 5 nitrogen and oxygen atoms in total. The van der Waals surface area contributed by atoms with Gasteiger partial charge >= 0.3 is 0 Å². The lowest BCUT2D eigenvalue weighted by Crippen LogP contribution is -2.38. The molecule has 1 fully saturated rings. The van der Waals surface area contributed by atoms with Gasteiger partial charge in [-0.15, -0.1) is 0 Å². The van der Waals surface area contributed by atoms with E-state index in [1.807, 2.05) is 6.07 Å². The summed E-state index contributed by atoms with van der Waals surface area (Å²) >= 11 is 0. The molecule has 1 atom stereocenters. The van der Waals surface area contributed by atoms with E-state index in [9.17, 15) is 0 Å². The van der Waals surface area contributed by atoms with E-state index in [4.69, 9.17) is 9.47 Å². The third kappa shape index (κ3) is 7.79. The number of nitrogens with zero attached hydrogens (tertiary/aromatic N) is 1. The molecule has 0 bridgehead atoms. The molecule has 1 heterocycles. The summed E-state index contributed by atoms with van der Waals surface area (Å²) in [6.45, 7) is 6.97. The van der Waals surface area contributed by atoms with Gasteiger partial charge in [-0.1, -0.05) is 30.3 Å². The zero-order valence-corrected chi connectivity index (χ0v) is 14.8. The van der Waals surface area contributed by atoms with Gasteiger partial charge < -0.3 is 20.1 Å². The minimum absolute atomic E-state index is 0.293. The number of benzene rings is 1. The van der Waals surface area contributed by atoms with Crippen LogP contribution in [0, 0.1) is 0 Å². The van der Waals surface area contributed by atoms with Crippen LogP contribution in [0.25, 0.3) is 0 Å². The summed E-state index contributed by atoms with van der Waals surface area (Å²) in [7, 11) is 0. The molecule has 0 aliphatic carbocycles. The molecule has 2 rings (SSSR count). The van der Waals surface area contributed by atoms with Crippen molar-refractivity contribution in [3.63, 3.8) is 0 Å². The predicted octanol–water partition coefficient (Wildman–Crippen LogP) is 2.37. The molecule has 0 spiro atoms. The zero-order valence-electron chi connectivity index (χ0n) is 14.8. The third-order valence-corrected chi connectivity index (χ3v) is 3.96. The maximum atomic E-state index is 5.70. The quantitative estimate of drug-likeness (QED) is 0.392. The van der Waals surface area contributed by atoms with Gasteiger partial charge in [-0.2, -0.15) is 0 Å². The van der Waals surface area contributed by atoms with Gasteiger partial charge in [0.2, 0.25) is 0 Å². The van der Waals surface area contributed by atoms with Crippen LogP contribution in [-0.2, 0) is 15.9 Å². The summed E-state index contributed by atoms with van der Waals surface area (Å²) in [6, 6.07) is 10.4. The summed E-state index contributed by atoms with van der Waals surface area (Å²) in [6.07, 6.45) is 4.52. The van der Waals surface area contributed by atoms with Crippen molar-refractivity contribution in [1.82, 2.24) is 10.6 Å². The molecule has 0 aromatic heterocycles. The Hall–Kier alpha value is -1.59. The van der Waals surface area contributed by atoms with Crippen molar-refractivity contribution in [2.24, 2.45) is 4.99 Å². The Bertz CT molecular complexity index is 459. The van der Waals surface area contributed by atoms with Crippen molar-refractivity contribution in [1.29, 1.82) is 0 Å². The van der Waals surface area contributed by atoms with Crippen molar-refractivity contribution in [2.45, 2.75) is 38.7 Å². The predicted molar refractivity (Wildman–Crippen MR) is 98.5 cm³/mol. The molecule has 0 radical (unpaired) electrons. The van der Waals surface area contributed by atoms with Gasteiger partial charge in [0.25, 0.3) is 0 Å². The fourth-order valence-electron chi connectivity index (χ4n) is 2.64. The molecule has 134 valence electrons. The van der Waals surface area contributed by atoms with Crippen LogP contribution in [0.4, 0.5) is 0 Å².